The van der Waals surface area contributed by atoms with Crippen molar-refractivity contribution in [1.29, 1.82) is 0 Å². The lowest BCUT2D eigenvalue weighted by atomic mass is 10.1. The molecule has 0 aliphatic carbocycles. The molecular formula is C19H28N2O3. The second-order valence-electron chi connectivity index (χ2n) is 4.81. The molecule has 0 saturated carbocycles. The molecule has 132 valence electrons. The third kappa shape index (κ3) is 3.78. The number of nitrogens with zero attached hydrogens (tertiary/aromatic N) is 2. The molecule has 5 heteroatoms. The van der Waals surface area contributed by atoms with Gasteiger partial charge in [0.15, 0.2) is 0 Å². The van der Waals surface area contributed by atoms with Crippen molar-refractivity contribution in [1.82, 2.24) is 9.55 Å². The maximum Gasteiger partial charge on any atom is 0.337 e. The third-order valence-electron chi connectivity index (χ3n) is 3.67. The molecule has 0 bridgehead atoms. The van der Waals surface area contributed by atoms with Crippen molar-refractivity contribution < 1.29 is 14.3 Å². The van der Waals surface area contributed by atoms with Crippen molar-refractivity contribution in [3.63, 3.8) is 0 Å². The van der Waals surface area contributed by atoms with Crippen molar-refractivity contribution in [2.45, 2.75) is 48.1 Å². The normalized spacial score (nSPS) is 11.3. The molecule has 2 aromatic rings. The maximum atomic E-state index is 11.6. The zero-order chi connectivity index (χ0) is 18.3. The highest BCUT2D eigenvalue weighted by Crippen LogP contribution is 2.34. The summed E-state index contributed by atoms with van der Waals surface area (Å²) in [6.07, 6.45) is 0. The predicted octanol–water partition coefficient (Wildman–Crippen LogP) is 4.40. The van der Waals surface area contributed by atoms with Gasteiger partial charge in [-0.05, 0) is 32.0 Å². The van der Waals surface area contributed by atoms with Gasteiger partial charge >= 0.3 is 5.97 Å². The Morgan fingerprint density at radius 2 is 1.88 bits per heavy atom. The molecular weight excluding hydrogens is 304 g/mol. The van der Waals surface area contributed by atoms with Gasteiger partial charge in [0.25, 0.3) is 0 Å². The van der Waals surface area contributed by atoms with Crippen LogP contribution in [0.4, 0.5) is 0 Å². The van der Waals surface area contributed by atoms with Crippen LogP contribution in [0.2, 0.25) is 0 Å². The topological polar surface area (TPSA) is 53.4 Å². The summed E-state index contributed by atoms with van der Waals surface area (Å²) in [5.74, 6) is 1.21. The summed E-state index contributed by atoms with van der Waals surface area (Å²) < 4.78 is 12.6. The minimum absolute atomic E-state index is 0.364. The molecule has 5 nitrogen and oxygen atoms in total. The number of aryl methyl sites for hydroxylation is 1. The van der Waals surface area contributed by atoms with Crippen LogP contribution in [0, 0.1) is 13.8 Å². The van der Waals surface area contributed by atoms with E-state index in [1.165, 1.54) is 7.11 Å². The van der Waals surface area contributed by atoms with Gasteiger partial charge in [-0.1, -0.05) is 27.7 Å². The smallest absolute Gasteiger partial charge is 0.337 e. The Morgan fingerprint density at radius 3 is 2.50 bits per heavy atom. The van der Waals surface area contributed by atoms with Crippen LogP contribution in [-0.4, -0.2) is 29.2 Å². The van der Waals surface area contributed by atoms with E-state index in [2.05, 4.69) is 16.5 Å². The Hall–Kier alpha value is -2.30. The van der Waals surface area contributed by atoms with E-state index >= 15 is 0 Å². The summed E-state index contributed by atoms with van der Waals surface area (Å²) in [6, 6.07) is 5.32. The monoisotopic (exact) mass is 332 g/mol. The van der Waals surface area contributed by atoms with E-state index in [1.54, 1.807) is 12.1 Å². The molecule has 1 aromatic heterocycles. The van der Waals surface area contributed by atoms with Crippen molar-refractivity contribution >= 4 is 5.97 Å². The van der Waals surface area contributed by atoms with Gasteiger partial charge in [0, 0.05) is 5.69 Å². The van der Waals surface area contributed by atoms with E-state index < -0.39 is 0 Å². The fourth-order valence-electron chi connectivity index (χ4n) is 2.45. The molecule has 1 aromatic carbocycles. The molecule has 1 aliphatic heterocycles. The van der Waals surface area contributed by atoms with Gasteiger partial charge in [-0.15, -0.1) is 0 Å². The van der Waals surface area contributed by atoms with Crippen LogP contribution in [0.15, 0.2) is 18.2 Å². The molecule has 0 radical (unpaired) electrons. The highest BCUT2D eigenvalue weighted by atomic mass is 16.5. The number of carbonyl (C=O) groups is 1. The predicted molar refractivity (Wildman–Crippen MR) is 96.7 cm³/mol. The Morgan fingerprint density at radius 1 is 1.21 bits per heavy atom. The molecule has 3 rings (SSSR count). The summed E-state index contributed by atoms with van der Waals surface area (Å²) in [5.41, 5.74) is 3.56. The van der Waals surface area contributed by atoms with Crippen molar-refractivity contribution in [3.05, 3.63) is 35.2 Å². The number of carbonyl (C=O) groups excluding carboxylic acids is 1. The van der Waals surface area contributed by atoms with Crippen LogP contribution >= 0.6 is 0 Å². The minimum Gasteiger partial charge on any atom is -0.491 e. The summed E-state index contributed by atoms with van der Waals surface area (Å²) in [6.45, 7) is 13.4. The zero-order valence-corrected chi connectivity index (χ0v) is 15.8. The molecule has 0 fully saturated rings. The number of fused-ring (bicyclic) bond motifs is 3. The number of esters is 1. The van der Waals surface area contributed by atoms with E-state index in [9.17, 15) is 4.79 Å². The van der Waals surface area contributed by atoms with Gasteiger partial charge in [-0.2, -0.15) is 0 Å². The van der Waals surface area contributed by atoms with Crippen LogP contribution in [0.3, 0.4) is 0 Å². The SMILES string of the molecule is CC.CC.COC(=O)c1ccc2c(c1)OCCn1c-2nc(C)c1C. The molecule has 0 amide bonds. The van der Waals surface area contributed by atoms with Gasteiger partial charge < -0.3 is 14.0 Å². The molecule has 24 heavy (non-hydrogen) atoms. The zero-order valence-electron chi connectivity index (χ0n) is 15.8. The molecule has 0 N–H and O–H groups in total. The molecule has 1 aliphatic rings. The van der Waals surface area contributed by atoms with Crippen LogP contribution in [0.25, 0.3) is 11.4 Å². The van der Waals surface area contributed by atoms with Crippen molar-refractivity contribution in [2.75, 3.05) is 13.7 Å². The second-order valence-corrected chi connectivity index (χ2v) is 4.81. The number of benzene rings is 1. The Bertz CT molecular complexity index is 690. The highest BCUT2D eigenvalue weighted by Gasteiger charge is 2.21. The molecule has 0 saturated heterocycles. The number of methoxy groups -OCH3 is 1. The average molecular weight is 332 g/mol. The van der Waals surface area contributed by atoms with E-state index in [0.717, 1.165) is 29.3 Å². The Balaban J connectivity index is 0.000000671. The second kappa shape index (κ2) is 9.11. The Kier molecular flexibility index (Phi) is 7.49. The first-order valence-corrected chi connectivity index (χ1v) is 8.51. The van der Waals surface area contributed by atoms with E-state index in [0.29, 0.717) is 17.9 Å². The van der Waals surface area contributed by atoms with Crippen LogP contribution in [0.1, 0.15) is 49.4 Å². The van der Waals surface area contributed by atoms with Crippen molar-refractivity contribution in [3.8, 4) is 17.1 Å². The summed E-state index contributed by atoms with van der Waals surface area (Å²) in [5, 5.41) is 0. The van der Waals surface area contributed by atoms with E-state index in [4.69, 9.17) is 9.47 Å². The number of hydrogen-bond donors (Lipinski definition) is 0. The van der Waals surface area contributed by atoms with Crippen LogP contribution in [-0.2, 0) is 11.3 Å². The molecule has 0 spiro atoms. The molecule has 0 unspecified atom stereocenters. The number of aromatic nitrogens is 2. The van der Waals surface area contributed by atoms with E-state index in [-0.39, 0.29) is 5.97 Å². The van der Waals surface area contributed by atoms with Gasteiger partial charge in [-0.25, -0.2) is 9.78 Å². The first kappa shape index (κ1) is 19.7. The fourth-order valence-corrected chi connectivity index (χ4v) is 2.45. The standard InChI is InChI=1S/C15H16N2O3.2C2H6/c1-9-10(2)17-6-7-20-13-8-11(15(18)19-3)4-5-12(13)14(17)16-9;2*1-2/h4-5,8H,6-7H2,1-3H3;2*1-2H3. The lowest BCUT2D eigenvalue weighted by Gasteiger charge is -2.08. The lowest BCUT2D eigenvalue weighted by molar-refractivity contribution is 0.0600. The summed E-state index contributed by atoms with van der Waals surface area (Å²) in [4.78, 5) is 16.2. The average Bonchev–Trinajstić information content (AvgIpc) is 2.82. The largest absolute Gasteiger partial charge is 0.491 e. The molecule has 2 heterocycles. The Labute approximate surface area is 144 Å². The first-order valence-electron chi connectivity index (χ1n) is 8.51. The van der Waals surface area contributed by atoms with Crippen LogP contribution in [0.5, 0.6) is 5.75 Å². The lowest BCUT2D eigenvalue weighted by Crippen LogP contribution is -2.07. The number of rotatable bonds is 1. The van der Waals surface area contributed by atoms with Gasteiger partial charge in [0.05, 0.1) is 30.5 Å². The van der Waals surface area contributed by atoms with Gasteiger partial charge in [0.1, 0.15) is 18.2 Å². The highest BCUT2D eigenvalue weighted by molar-refractivity contribution is 5.91. The van der Waals surface area contributed by atoms with Gasteiger partial charge in [0.2, 0.25) is 0 Å². The van der Waals surface area contributed by atoms with E-state index in [1.807, 2.05) is 40.7 Å². The molecule has 0 atom stereocenters. The first-order chi connectivity index (χ1) is 11.6. The summed E-state index contributed by atoms with van der Waals surface area (Å²) in [7, 11) is 1.37. The quantitative estimate of drug-likeness (QED) is 0.726. The number of hydrogen-bond acceptors (Lipinski definition) is 4. The third-order valence-corrected chi connectivity index (χ3v) is 3.67. The van der Waals surface area contributed by atoms with Crippen LogP contribution < -0.4 is 4.74 Å². The fraction of sp³-hybridized carbons (Fsp3) is 0.474. The number of imidazole rings is 1. The number of ether oxygens (including phenoxy) is 2. The summed E-state index contributed by atoms with van der Waals surface area (Å²) >= 11 is 0. The van der Waals surface area contributed by atoms with Crippen molar-refractivity contribution in [2.24, 2.45) is 0 Å². The minimum atomic E-state index is -0.364. The maximum absolute atomic E-state index is 11.6. The van der Waals surface area contributed by atoms with Gasteiger partial charge in [-0.3, -0.25) is 0 Å².